The van der Waals surface area contributed by atoms with Crippen LogP contribution >= 0.6 is 24.0 Å². The molecule has 0 spiro atoms. The monoisotopic (exact) mass is 436 g/mol. The zero-order valence-corrected chi connectivity index (χ0v) is 17.1. The smallest absolute Gasteiger partial charge is 0.193 e. The molecule has 3 fully saturated rings. The molecule has 0 aromatic heterocycles. The Kier molecular flexibility index (Phi) is 7.41. The molecule has 5 nitrogen and oxygen atoms in total. The molecule has 0 aromatic rings. The first kappa shape index (κ1) is 19.2. The molecule has 134 valence electrons. The Bertz CT molecular complexity index is 394. The lowest BCUT2D eigenvalue weighted by Crippen LogP contribution is -2.42. The van der Waals surface area contributed by atoms with Crippen molar-refractivity contribution in [1.29, 1.82) is 0 Å². The van der Waals surface area contributed by atoms with Gasteiger partial charge in [-0.05, 0) is 37.5 Å². The van der Waals surface area contributed by atoms with Gasteiger partial charge in [0.05, 0.1) is 13.2 Å². The summed E-state index contributed by atoms with van der Waals surface area (Å²) >= 11 is 0. The number of nitrogens with zero attached hydrogens (tertiary/aromatic N) is 3. The van der Waals surface area contributed by atoms with Gasteiger partial charge in [0.15, 0.2) is 5.96 Å². The van der Waals surface area contributed by atoms with Crippen molar-refractivity contribution in [3.05, 3.63) is 0 Å². The molecule has 2 aliphatic heterocycles. The molecule has 0 bridgehead atoms. The first-order valence-corrected chi connectivity index (χ1v) is 9.02. The third kappa shape index (κ3) is 5.74. The van der Waals surface area contributed by atoms with Gasteiger partial charge in [-0.3, -0.25) is 9.89 Å². The maximum atomic E-state index is 5.44. The Hall–Kier alpha value is -0.0800. The summed E-state index contributed by atoms with van der Waals surface area (Å²) in [6.07, 6.45) is 3.98. The zero-order chi connectivity index (χ0) is 15.4. The highest BCUT2D eigenvalue weighted by atomic mass is 127. The topological polar surface area (TPSA) is 40.1 Å². The highest BCUT2D eigenvalue weighted by Crippen LogP contribution is 2.45. The van der Waals surface area contributed by atoms with Crippen LogP contribution in [-0.2, 0) is 4.74 Å². The molecular formula is C17H33IN4O. The van der Waals surface area contributed by atoms with E-state index >= 15 is 0 Å². The Morgan fingerprint density at radius 3 is 2.65 bits per heavy atom. The first-order chi connectivity index (χ1) is 10.7. The van der Waals surface area contributed by atoms with Crippen LogP contribution in [0.25, 0.3) is 0 Å². The van der Waals surface area contributed by atoms with Crippen LogP contribution in [0.15, 0.2) is 4.99 Å². The Morgan fingerprint density at radius 1 is 1.26 bits per heavy atom. The molecular weight excluding hydrogens is 403 g/mol. The van der Waals surface area contributed by atoms with Crippen molar-refractivity contribution >= 4 is 29.9 Å². The van der Waals surface area contributed by atoms with Gasteiger partial charge in [0.2, 0.25) is 0 Å². The number of likely N-dealkylation sites (tertiary alicyclic amines) is 1. The van der Waals surface area contributed by atoms with E-state index < -0.39 is 0 Å². The largest absolute Gasteiger partial charge is 0.379 e. The number of hydrogen-bond acceptors (Lipinski definition) is 3. The molecule has 0 amide bonds. The lowest BCUT2D eigenvalue weighted by molar-refractivity contribution is 0.0315. The average Bonchev–Trinajstić information content (AvgIpc) is 3.08. The quantitative estimate of drug-likeness (QED) is 0.407. The summed E-state index contributed by atoms with van der Waals surface area (Å²) in [5.74, 6) is 1.92. The van der Waals surface area contributed by atoms with Crippen LogP contribution < -0.4 is 5.32 Å². The van der Waals surface area contributed by atoms with Gasteiger partial charge in [-0.15, -0.1) is 24.0 Å². The molecule has 2 saturated heterocycles. The van der Waals surface area contributed by atoms with E-state index in [9.17, 15) is 0 Å². The molecule has 3 rings (SSSR count). The molecule has 6 heteroatoms. The standard InChI is InChI=1S/C17H32N4O.HI/c1-3-18-16(19-14-17(2)5-6-17)21-7-4-15(13-21)12-20-8-10-22-11-9-20;/h15H,3-14H2,1-2H3,(H,18,19);1H. The van der Waals surface area contributed by atoms with Crippen LogP contribution in [0.2, 0.25) is 0 Å². The SMILES string of the molecule is CCNC(=NCC1(C)CC1)N1CCC(CN2CCOCC2)C1.I. The third-order valence-corrected chi connectivity index (χ3v) is 5.25. The van der Waals surface area contributed by atoms with E-state index in [0.717, 1.165) is 64.4 Å². The van der Waals surface area contributed by atoms with E-state index in [-0.39, 0.29) is 24.0 Å². The van der Waals surface area contributed by atoms with Crippen molar-refractivity contribution < 1.29 is 4.74 Å². The number of aliphatic imine (C=N–C) groups is 1. The maximum Gasteiger partial charge on any atom is 0.193 e. The second kappa shape index (κ2) is 8.85. The molecule has 0 radical (unpaired) electrons. The number of morpholine rings is 1. The number of ether oxygens (including phenoxy) is 1. The summed E-state index contributed by atoms with van der Waals surface area (Å²) in [4.78, 5) is 9.94. The van der Waals surface area contributed by atoms with E-state index in [0.29, 0.717) is 5.41 Å². The predicted molar refractivity (Wildman–Crippen MR) is 106 cm³/mol. The summed E-state index contributed by atoms with van der Waals surface area (Å²) in [5.41, 5.74) is 0.494. The van der Waals surface area contributed by atoms with Gasteiger partial charge in [-0.1, -0.05) is 6.92 Å². The molecule has 1 aliphatic carbocycles. The van der Waals surface area contributed by atoms with Crippen molar-refractivity contribution in [1.82, 2.24) is 15.1 Å². The molecule has 1 saturated carbocycles. The second-order valence-corrected chi connectivity index (χ2v) is 7.49. The first-order valence-electron chi connectivity index (χ1n) is 9.02. The number of halogens is 1. The summed E-state index contributed by atoms with van der Waals surface area (Å²) in [7, 11) is 0. The molecule has 1 atom stereocenters. The van der Waals surface area contributed by atoms with Crippen LogP contribution in [0.4, 0.5) is 0 Å². The fourth-order valence-electron chi connectivity index (χ4n) is 3.39. The van der Waals surface area contributed by atoms with E-state index in [1.54, 1.807) is 0 Å². The van der Waals surface area contributed by atoms with Crippen molar-refractivity contribution in [3.63, 3.8) is 0 Å². The summed E-state index contributed by atoms with van der Waals surface area (Å²) < 4.78 is 5.44. The van der Waals surface area contributed by atoms with Crippen LogP contribution in [0.5, 0.6) is 0 Å². The Morgan fingerprint density at radius 2 is 2.00 bits per heavy atom. The molecule has 3 aliphatic rings. The highest BCUT2D eigenvalue weighted by molar-refractivity contribution is 14.0. The van der Waals surface area contributed by atoms with Gasteiger partial charge in [-0.25, -0.2) is 0 Å². The normalized spacial score (nSPS) is 27.7. The molecule has 2 heterocycles. The molecule has 1 N–H and O–H groups in total. The minimum atomic E-state index is 0. The minimum Gasteiger partial charge on any atom is -0.379 e. The lowest BCUT2D eigenvalue weighted by atomic mass is 10.1. The van der Waals surface area contributed by atoms with Crippen LogP contribution in [-0.4, -0.2) is 74.8 Å². The van der Waals surface area contributed by atoms with Gasteiger partial charge < -0.3 is 15.0 Å². The number of rotatable bonds is 5. The summed E-state index contributed by atoms with van der Waals surface area (Å²) in [6.45, 7) is 14.0. The number of hydrogen-bond donors (Lipinski definition) is 1. The van der Waals surface area contributed by atoms with Crippen LogP contribution in [0.3, 0.4) is 0 Å². The van der Waals surface area contributed by atoms with Crippen molar-refractivity contribution in [2.24, 2.45) is 16.3 Å². The predicted octanol–water partition coefficient (Wildman–Crippen LogP) is 2.02. The second-order valence-electron chi connectivity index (χ2n) is 7.49. The number of nitrogens with one attached hydrogen (secondary N) is 1. The molecule has 1 unspecified atom stereocenters. The lowest BCUT2D eigenvalue weighted by Gasteiger charge is -2.29. The Balaban J connectivity index is 0.00000192. The van der Waals surface area contributed by atoms with E-state index in [1.807, 2.05) is 0 Å². The van der Waals surface area contributed by atoms with Crippen molar-refractivity contribution in [2.75, 3.05) is 59.0 Å². The van der Waals surface area contributed by atoms with Crippen LogP contribution in [0, 0.1) is 11.3 Å². The molecule has 0 aromatic carbocycles. The Labute approximate surface area is 158 Å². The van der Waals surface area contributed by atoms with Gasteiger partial charge >= 0.3 is 0 Å². The van der Waals surface area contributed by atoms with Gasteiger partial charge in [0.1, 0.15) is 0 Å². The highest BCUT2D eigenvalue weighted by Gasteiger charge is 2.37. The van der Waals surface area contributed by atoms with E-state index in [2.05, 4.69) is 29.0 Å². The third-order valence-electron chi connectivity index (χ3n) is 5.25. The van der Waals surface area contributed by atoms with Crippen molar-refractivity contribution in [2.45, 2.75) is 33.1 Å². The summed E-state index contributed by atoms with van der Waals surface area (Å²) in [6, 6.07) is 0. The fourth-order valence-corrected chi connectivity index (χ4v) is 3.39. The zero-order valence-electron chi connectivity index (χ0n) is 14.7. The summed E-state index contributed by atoms with van der Waals surface area (Å²) in [5, 5.41) is 3.49. The van der Waals surface area contributed by atoms with E-state index in [1.165, 1.54) is 25.8 Å². The fraction of sp³-hybridized carbons (Fsp3) is 0.941. The average molecular weight is 436 g/mol. The van der Waals surface area contributed by atoms with Crippen molar-refractivity contribution in [3.8, 4) is 0 Å². The number of guanidine groups is 1. The molecule has 23 heavy (non-hydrogen) atoms. The van der Waals surface area contributed by atoms with Gasteiger partial charge in [0, 0.05) is 45.8 Å². The minimum absolute atomic E-state index is 0. The van der Waals surface area contributed by atoms with E-state index in [4.69, 9.17) is 9.73 Å². The van der Waals surface area contributed by atoms with Crippen LogP contribution in [0.1, 0.15) is 33.1 Å². The van der Waals surface area contributed by atoms with Gasteiger partial charge in [-0.2, -0.15) is 0 Å². The van der Waals surface area contributed by atoms with Gasteiger partial charge in [0.25, 0.3) is 0 Å². The maximum absolute atomic E-state index is 5.44.